The number of halogens is 3. The normalized spacial score (nSPS) is 13.2. The van der Waals surface area contributed by atoms with E-state index in [0.29, 0.717) is 4.68 Å². The third kappa shape index (κ3) is 5.09. The van der Waals surface area contributed by atoms with Gasteiger partial charge in [0.25, 0.3) is 0 Å². The zero-order chi connectivity index (χ0) is 24.6. The Balaban J connectivity index is 2.37. The monoisotopic (exact) mass is 498 g/mol. The summed E-state index contributed by atoms with van der Waals surface area (Å²) in [6.07, 6.45) is -2.15. The van der Waals surface area contributed by atoms with Crippen LogP contribution in [-0.2, 0) is 20.8 Å². The molecule has 0 saturated heterocycles. The van der Waals surface area contributed by atoms with E-state index in [-0.39, 0.29) is 33.7 Å². The molecule has 11 heteroatoms. The lowest BCUT2D eigenvalue weighted by molar-refractivity contribution is -0.149. The molecule has 2 aromatic carbocycles. The van der Waals surface area contributed by atoms with Crippen LogP contribution >= 0.6 is 11.8 Å². The van der Waals surface area contributed by atoms with Gasteiger partial charge in [-0.05, 0) is 42.5 Å². The Kier molecular flexibility index (Phi) is 6.94. The molecule has 0 saturated carbocycles. The lowest BCUT2D eigenvalue weighted by Crippen LogP contribution is -2.25. The van der Waals surface area contributed by atoms with Gasteiger partial charge in [-0.15, -0.1) is 11.8 Å². The molecular weight excluding hydrogens is 477 g/mol. The predicted molar refractivity (Wildman–Crippen MR) is 120 cm³/mol. The van der Waals surface area contributed by atoms with Crippen LogP contribution in [0, 0.1) is 0 Å². The molecule has 0 fully saturated rings. The van der Waals surface area contributed by atoms with Crippen LogP contribution < -0.4 is 0 Å². The molecule has 0 aliphatic carbocycles. The Bertz CT molecular complexity index is 1270. The molecule has 176 valence electrons. The molecule has 1 aromatic heterocycles. The number of alkyl halides is 3. The molecule has 0 spiro atoms. The van der Waals surface area contributed by atoms with Crippen LogP contribution in [0.1, 0.15) is 25.1 Å². The van der Waals surface area contributed by atoms with E-state index in [2.05, 4.69) is 5.10 Å². The summed E-state index contributed by atoms with van der Waals surface area (Å²) in [6, 6.07) is 10.2. The third-order valence-electron chi connectivity index (χ3n) is 5.08. The van der Waals surface area contributed by atoms with Crippen molar-refractivity contribution in [2.24, 2.45) is 0 Å². The lowest BCUT2D eigenvalue weighted by Gasteiger charge is -2.17. The zero-order valence-electron chi connectivity index (χ0n) is 17.9. The number of carbonyl (C=O) groups is 1. The minimum atomic E-state index is -4.89. The minimum absolute atomic E-state index is 0.00423. The number of aromatic nitrogens is 2. The number of aliphatic carboxylic acids is 1. The summed E-state index contributed by atoms with van der Waals surface area (Å²) in [6.45, 7) is 1.47. The zero-order valence-corrected chi connectivity index (χ0v) is 19.6. The van der Waals surface area contributed by atoms with E-state index < -0.39 is 33.7 Å². The fourth-order valence-electron chi connectivity index (χ4n) is 3.48. The quantitative estimate of drug-likeness (QED) is 0.439. The van der Waals surface area contributed by atoms with E-state index in [0.717, 1.165) is 11.2 Å². The summed E-state index contributed by atoms with van der Waals surface area (Å²) in [5.41, 5.74) is -1.07. The molecule has 1 atom stereocenters. The lowest BCUT2D eigenvalue weighted by atomic mass is 9.98. The van der Waals surface area contributed by atoms with Crippen molar-refractivity contribution in [3.63, 3.8) is 0 Å². The fraction of sp³-hybridized carbons (Fsp3) is 0.273. The van der Waals surface area contributed by atoms with E-state index in [9.17, 15) is 31.5 Å². The number of benzene rings is 2. The average molecular weight is 499 g/mol. The second-order valence-electron chi connectivity index (χ2n) is 7.30. The van der Waals surface area contributed by atoms with Crippen molar-refractivity contribution < 1.29 is 31.5 Å². The van der Waals surface area contributed by atoms with Crippen molar-refractivity contribution >= 4 is 27.6 Å². The van der Waals surface area contributed by atoms with Crippen LogP contribution in [0.15, 0.2) is 58.3 Å². The number of thioether (sulfide) groups is 1. The second-order valence-corrected chi connectivity index (χ2v) is 10.2. The van der Waals surface area contributed by atoms with Crippen LogP contribution in [0.5, 0.6) is 0 Å². The van der Waals surface area contributed by atoms with Crippen molar-refractivity contribution in [1.82, 2.24) is 9.78 Å². The first-order valence-corrected chi connectivity index (χ1v) is 12.9. The van der Waals surface area contributed by atoms with Gasteiger partial charge in [0.05, 0.1) is 4.90 Å². The fourth-order valence-corrected chi connectivity index (χ4v) is 4.52. The van der Waals surface area contributed by atoms with Gasteiger partial charge in [0.1, 0.15) is 11.7 Å². The largest absolute Gasteiger partial charge is 0.480 e. The summed E-state index contributed by atoms with van der Waals surface area (Å²) in [7, 11) is -3.51. The summed E-state index contributed by atoms with van der Waals surface area (Å²) in [5, 5.41) is 13.7. The molecule has 6 nitrogen and oxygen atoms in total. The molecule has 33 heavy (non-hydrogen) atoms. The van der Waals surface area contributed by atoms with E-state index in [1.54, 1.807) is 12.1 Å². The van der Waals surface area contributed by atoms with Crippen molar-refractivity contribution in [1.29, 1.82) is 0 Å². The smallest absolute Gasteiger partial charge is 0.433 e. The van der Waals surface area contributed by atoms with Crippen molar-refractivity contribution in [2.45, 2.75) is 35.4 Å². The molecule has 0 radical (unpaired) electrons. The van der Waals surface area contributed by atoms with Crippen molar-refractivity contribution in [2.75, 3.05) is 12.5 Å². The maximum Gasteiger partial charge on any atom is 0.433 e. The van der Waals surface area contributed by atoms with Gasteiger partial charge in [-0.1, -0.05) is 31.2 Å². The van der Waals surface area contributed by atoms with Crippen LogP contribution in [0.3, 0.4) is 0 Å². The first-order chi connectivity index (χ1) is 15.4. The Morgan fingerprint density at radius 3 is 2.06 bits per heavy atom. The summed E-state index contributed by atoms with van der Waals surface area (Å²) in [5.74, 6) is -1.44. The molecule has 1 N–H and O–H groups in total. The molecule has 0 bridgehead atoms. The van der Waals surface area contributed by atoms with Gasteiger partial charge in [-0.2, -0.15) is 18.3 Å². The van der Waals surface area contributed by atoms with E-state index >= 15 is 0 Å². The number of hydrogen-bond acceptors (Lipinski definition) is 5. The maximum absolute atomic E-state index is 14.3. The number of carboxylic acids is 1. The number of carboxylic acid groups (broad SMARTS) is 1. The number of hydrogen-bond donors (Lipinski definition) is 1. The Morgan fingerprint density at radius 2 is 1.64 bits per heavy atom. The van der Waals surface area contributed by atoms with Gasteiger partial charge in [0.15, 0.2) is 15.5 Å². The first-order valence-electron chi connectivity index (χ1n) is 9.75. The van der Waals surface area contributed by atoms with Crippen LogP contribution in [0.2, 0.25) is 0 Å². The summed E-state index contributed by atoms with van der Waals surface area (Å²) in [4.78, 5) is 12.6. The minimum Gasteiger partial charge on any atom is -0.480 e. The molecule has 0 aliphatic rings. The van der Waals surface area contributed by atoms with Crippen LogP contribution in [-0.4, -0.2) is 41.8 Å². The second kappa shape index (κ2) is 9.22. The summed E-state index contributed by atoms with van der Waals surface area (Å²) >= 11 is 1.43. The summed E-state index contributed by atoms with van der Waals surface area (Å²) < 4.78 is 67.0. The van der Waals surface area contributed by atoms with E-state index in [1.807, 2.05) is 6.26 Å². The molecule has 3 rings (SSSR count). The Labute approximate surface area is 193 Å². The predicted octanol–water partition coefficient (Wildman–Crippen LogP) is 5.40. The molecule has 0 amide bonds. The van der Waals surface area contributed by atoms with Gasteiger partial charge in [-0.25, -0.2) is 17.9 Å². The highest BCUT2D eigenvalue weighted by Gasteiger charge is 2.43. The van der Waals surface area contributed by atoms with Crippen LogP contribution in [0.25, 0.3) is 22.4 Å². The van der Waals surface area contributed by atoms with Crippen molar-refractivity contribution in [3.8, 4) is 22.4 Å². The van der Waals surface area contributed by atoms with Gasteiger partial charge < -0.3 is 5.11 Å². The number of rotatable bonds is 7. The standard InChI is InChI=1S/C22H21F3N2O4S2/c1-4-17(21(28)29)27-20(22(23,24)25)18(13-5-9-15(32-2)10-6-13)19(26-27)14-7-11-16(12-8-14)33(3,30)31/h5-12,17H,4H2,1-3H3,(H,28,29). The van der Waals surface area contributed by atoms with Crippen molar-refractivity contribution in [3.05, 3.63) is 54.2 Å². The SMILES string of the molecule is CCC(C(=O)O)n1nc(-c2ccc(S(C)(=O)=O)cc2)c(-c2ccc(SC)cc2)c1C(F)(F)F. The van der Waals surface area contributed by atoms with Crippen LogP contribution in [0.4, 0.5) is 13.2 Å². The maximum atomic E-state index is 14.3. The van der Waals surface area contributed by atoms with Gasteiger partial charge in [0, 0.05) is 22.3 Å². The number of sulfone groups is 1. The molecule has 1 unspecified atom stereocenters. The highest BCUT2D eigenvalue weighted by Crippen LogP contribution is 2.44. The highest BCUT2D eigenvalue weighted by molar-refractivity contribution is 7.98. The molecule has 0 aliphatic heterocycles. The number of nitrogens with zero attached hydrogens (tertiary/aromatic N) is 2. The van der Waals surface area contributed by atoms with E-state index in [1.165, 1.54) is 55.1 Å². The molecule has 1 heterocycles. The molecule has 3 aromatic rings. The first kappa shape index (κ1) is 24.8. The highest BCUT2D eigenvalue weighted by atomic mass is 32.2. The topological polar surface area (TPSA) is 89.3 Å². The Hall–Kier alpha value is -2.79. The van der Waals surface area contributed by atoms with Gasteiger partial charge >= 0.3 is 12.1 Å². The van der Waals surface area contributed by atoms with Gasteiger partial charge in [0.2, 0.25) is 0 Å². The third-order valence-corrected chi connectivity index (χ3v) is 6.95. The Morgan fingerprint density at radius 1 is 1.09 bits per heavy atom. The van der Waals surface area contributed by atoms with Gasteiger partial charge in [-0.3, -0.25) is 0 Å². The molecular formula is C22H21F3N2O4S2. The van der Waals surface area contributed by atoms with E-state index in [4.69, 9.17) is 0 Å². The average Bonchev–Trinajstić information content (AvgIpc) is 3.14.